The van der Waals surface area contributed by atoms with Crippen LogP contribution in [0.1, 0.15) is 13.3 Å². The normalized spacial score (nSPS) is 16.5. The highest BCUT2D eigenvalue weighted by Gasteiger charge is 2.11. The van der Waals surface area contributed by atoms with Gasteiger partial charge in [0.25, 0.3) is 0 Å². The van der Waals surface area contributed by atoms with E-state index in [0.717, 1.165) is 56.0 Å². The summed E-state index contributed by atoms with van der Waals surface area (Å²) in [6.07, 6.45) is 1.25. The summed E-state index contributed by atoms with van der Waals surface area (Å²) in [4.78, 5) is 10.9. The van der Waals surface area contributed by atoms with Crippen molar-refractivity contribution in [2.24, 2.45) is 4.99 Å². The first-order valence-electron chi connectivity index (χ1n) is 9.49. The fraction of sp³-hybridized carbons (Fsp3) is 0.632. The molecule has 2 rings (SSSR count). The topological polar surface area (TPSA) is 42.9 Å². The lowest BCUT2D eigenvalue weighted by Crippen LogP contribution is -2.39. The minimum Gasteiger partial charge on any atom is -0.357 e. The molecule has 0 atom stereocenters. The maximum Gasteiger partial charge on any atom is 0.191 e. The Kier molecular flexibility index (Phi) is 13.5. The fourth-order valence-electron chi connectivity index (χ4n) is 2.84. The molecule has 8 heteroatoms. The predicted octanol–water partition coefficient (Wildman–Crippen LogP) is 3.24. The number of rotatable bonds is 8. The monoisotopic (exact) mass is 525 g/mol. The first-order chi connectivity index (χ1) is 12.7. The van der Waals surface area contributed by atoms with Gasteiger partial charge < -0.3 is 20.4 Å². The van der Waals surface area contributed by atoms with Gasteiger partial charge in [0.2, 0.25) is 0 Å². The number of benzene rings is 1. The van der Waals surface area contributed by atoms with E-state index >= 15 is 0 Å². The van der Waals surface area contributed by atoms with Crippen LogP contribution in [0.3, 0.4) is 0 Å². The molecule has 0 bridgehead atoms. The molecule has 0 amide bonds. The summed E-state index contributed by atoms with van der Waals surface area (Å²) in [5.74, 6) is 1.90. The van der Waals surface area contributed by atoms with Gasteiger partial charge in [-0.25, -0.2) is 0 Å². The molecule has 154 valence electrons. The average Bonchev–Trinajstić information content (AvgIpc) is 2.84. The van der Waals surface area contributed by atoms with E-state index in [1.54, 1.807) is 0 Å². The number of nitrogens with one attached hydrogen (secondary N) is 2. The molecular weight excluding hydrogens is 493 g/mol. The second-order valence-corrected chi connectivity index (χ2v) is 8.09. The van der Waals surface area contributed by atoms with E-state index in [1.807, 2.05) is 23.9 Å². The summed E-state index contributed by atoms with van der Waals surface area (Å²) in [6, 6.07) is 7.99. The van der Waals surface area contributed by atoms with Crippen molar-refractivity contribution in [2.75, 3.05) is 65.2 Å². The average molecular weight is 526 g/mol. The second-order valence-electron chi connectivity index (χ2n) is 6.49. The summed E-state index contributed by atoms with van der Waals surface area (Å²) >= 11 is 7.74. The van der Waals surface area contributed by atoms with Crippen LogP contribution in [0.4, 0.5) is 0 Å². The first kappa shape index (κ1) is 24.8. The van der Waals surface area contributed by atoms with Crippen LogP contribution in [0.2, 0.25) is 5.02 Å². The van der Waals surface area contributed by atoms with Gasteiger partial charge in [0.05, 0.1) is 6.54 Å². The van der Waals surface area contributed by atoms with Crippen molar-refractivity contribution in [1.82, 2.24) is 20.4 Å². The van der Waals surface area contributed by atoms with Gasteiger partial charge in [-0.05, 0) is 57.7 Å². The summed E-state index contributed by atoms with van der Waals surface area (Å²) in [7, 11) is 2.21. The Hall–Kier alpha value is -0.220. The minimum atomic E-state index is 0. The lowest BCUT2D eigenvalue weighted by atomic mass is 10.4. The van der Waals surface area contributed by atoms with Crippen molar-refractivity contribution in [1.29, 1.82) is 0 Å². The highest BCUT2D eigenvalue weighted by Crippen LogP contribution is 2.19. The molecule has 0 radical (unpaired) electrons. The largest absolute Gasteiger partial charge is 0.357 e. The molecule has 1 heterocycles. The fourth-order valence-corrected chi connectivity index (χ4v) is 3.73. The molecule has 2 N–H and O–H groups in total. The van der Waals surface area contributed by atoms with Gasteiger partial charge in [0.15, 0.2) is 5.96 Å². The van der Waals surface area contributed by atoms with Crippen LogP contribution in [0, 0.1) is 0 Å². The molecule has 1 aliphatic rings. The van der Waals surface area contributed by atoms with Crippen molar-refractivity contribution < 1.29 is 0 Å². The van der Waals surface area contributed by atoms with Crippen LogP contribution >= 0.6 is 47.3 Å². The van der Waals surface area contributed by atoms with Crippen LogP contribution in [0.25, 0.3) is 0 Å². The summed E-state index contributed by atoms with van der Waals surface area (Å²) in [6.45, 7) is 10.4. The van der Waals surface area contributed by atoms with E-state index in [1.165, 1.54) is 24.4 Å². The molecule has 1 saturated heterocycles. The van der Waals surface area contributed by atoms with Crippen LogP contribution in [-0.2, 0) is 0 Å². The van der Waals surface area contributed by atoms with E-state index in [2.05, 4.69) is 46.5 Å². The first-order valence-corrected chi connectivity index (χ1v) is 10.8. The second kappa shape index (κ2) is 14.7. The standard InChI is InChI=1S/C19H32ClN5S.HI/c1-3-21-19(22-9-13-25-12-4-11-24(2)14-15-25)23-10-16-26-18-7-5-17(20)6-8-18;/h5-8H,3-4,9-16H2,1-2H3,(H2,21,22,23);1H. The number of hydrogen-bond donors (Lipinski definition) is 2. The Labute approximate surface area is 190 Å². The number of guanidine groups is 1. The van der Waals surface area contributed by atoms with Gasteiger partial charge >= 0.3 is 0 Å². The number of aliphatic imine (C=N–C) groups is 1. The van der Waals surface area contributed by atoms with Crippen LogP contribution in [0.15, 0.2) is 34.2 Å². The zero-order valence-electron chi connectivity index (χ0n) is 16.4. The third kappa shape index (κ3) is 10.8. The molecule has 0 aromatic heterocycles. The molecule has 1 aliphatic heterocycles. The maximum absolute atomic E-state index is 5.92. The van der Waals surface area contributed by atoms with E-state index < -0.39 is 0 Å². The summed E-state index contributed by atoms with van der Waals surface area (Å²) < 4.78 is 0. The molecule has 27 heavy (non-hydrogen) atoms. The number of nitrogens with zero attached hydrogens (tertiary/aromatic N) is 3. The molecule has 1 fully saturated rings. The highest BCUT2D eigenvalue weighted by molar-refractivity contribution is 14.0. The minimum absolute atomic E-state index is 0. The molecule has 0 unspecified atom stereocenters. The van der Waals surface area contributed by atoms with E-state index in [-0.39, 0.29) is 24.0 Å². The van der Waals surface area contributed by atoms with E-state index in [9.17, 15) is 0 Å². The van der Waals surface area contributed by atoms with Crippen molar-refractivity contribution >= 4 is 53.3 Å². The Balaban J connectivity index is 0.00000364. The Bertz CT molecular complexity index is 543. The maximum atomic E-state index is 5.92. The summed E-state index contributed by atoms with van der Waals surface area (Å²) in [5, 5.41) is 7.54. The third-order valence-corrected chi connectivity index (χ3v) is 5.59. The van der Waals surface area contributed by atoms with Gasteiger partial charge in [-0.3, -0.25) is 4.99 Å². The number of thioether (sulfide) groups is 1. The predicted molar refractivity (Wildman–Crippen MR) is 130 cm³/mol. The number of halogens is 2. The lowest BCUT2D eigenvalue weighted by Gasteiger charge is -2.19. The third-order valence-electron chi connectivity index (χ3n) is 4.32. The number of likely N-dealkylation sites (N-methyl/N-ethyl adjacent to an activating group) is 1. The zero-order valence-corrected chi connectivity index (χ0v) is 20.3. The van der Waals surface area contributed by atoms with Gasteiger partial charge in [-0.2, -0.15) is 0 Å². The zero-order chi connectivity index (χ0) is 18.6. The van der Waals surface area contributed by atoms with Crippen molar-refractivity contribution in [3.8, 4) is 0 Å². The van der Waals surface area contributed by atoms with Gasteiger partial charge in [0, 0.05) is 48.4 Å². The highest BCUT2D eigenvalue weighted by atomic mass is 127. The molecule has 1 aromatic carbocycles. The molecule has 5 nitrogen and oxygen atoms in total. The molecule has 1 aromatic rings. The lowest BCUT2D eigenvalue weighted by molar-refractivity contribution is 0.283. The van der Waals surface area contributed by atoms with Crippen molar-refractivity contribution in [3.63, 3.8) is 0 Å². The van der Waals surface area contributed by atoms with Gasteiger partial charge in [0.1, 0.15) is 0 Å². The SMILES string of the molecule is CCNC(=NCCN1CCCN(C)CC1)NCCSc1ccc(Cl)cc1.I. The molecule has 0 spiro atoms. The van der Waals surface area contributed by atoms with E-state index in [0.29, 0.717) is 0 Å². The van der Waals surface area contributed by atoms with Gasteiger partial charge in [-0.1, -0.05) is 11.6 Å². The Morgan fingerprint density at radius 1 is 1.15 bits per heavy atom. The Morgan fingerprint density at radius 2 is 1.93 bits per heavy atom. The van der Waals surface area contributed by atoms with Crippen LogP contribution < -0.4 is 10.6 Å². The number of hydrogen-bond acceptors (Lipinski definition) is 4. The van der Waals surface area contributed by atoms with E-state index in [4.69, 9.17) is 16.6 Å². The van der Waals surface area contributed by atoms with Crippen LogP contribution in [0.5, 0.6) is 0 Å². The van der Waals surface area contributed by atoms with Crippen LogP contribution in [-0.4, -0.2) is 80.9 Å². The smallest absolute Gasteiger partial charge is 0.191 e. The molecule has 0 aliphatic carbocycles. The Morgan fingerprint density at radius 3 is 2.67 bits per heavy atom. The van der Waals surface area contributed by atoms with Crippen molar-refractivity contribution in [2.45, 2.75) is 18.2 Å². The quantitative estimate of drug-likeness (QED) is 0.179. The molecular formula is C19H33ClIN5S. The van der Waals surface area contributed by atoms with Gasteiger partial charge in [-0.15, -0.1) is 35.7 Å². The van der Waals surface area contributed by atoms with Crippen molar-refractivity contribution in [3.05, 3.63) is 29.3 Å². The summed E-state index contributed by atoms with van der Waals surface area (Å²) in [5.41, 5.74) is 0. The molecule has 0 saturated carbocycles.